The van der Waals surface area contributed by atoms with Gasteiger partial charge in [0.15, 0.2) is 5.82 Å². The molecule has 2 heterocycles. The number of carbonyl (C=O) groups excluding carboxylic acids is 1. The van der Waals surface area contributed by atoms with Gasteiger partial charge in [0.2, 0.25) is 0 Å². The van der Waals surface area contributed by atoms with E-state index in [-0.39, 0.29) is 5.91 Å². The monoisotopic (exact) mass is 321 g/mol. The Bertz CT molecular complexity index is 861. The molecule has 1 aliphatic rings. The van der Waals surface area contributed by atoms with Gasteiger partial charge in [-0.25, -0.2) is 0 Å². The minimum absolute atomic E-state index is 0.106. The molecule has 3 aromatic rings. The highest BCUT2D eigenvalue weighted by atomic mass is 16.1. The zero-order valence-electron chi connectivity index (χ0n) is 13.5. The Morgan fingerprint density at radius 2 is 2.00 bits per heavy atom. The van der Waals surface area contributed by atoms with E-state index in [9.17, 15) is 4.79 Å². The van der Waals surface area contributed by atoms with Crippen LogP contribution in [0.4, 0.5) is 0 Å². The van der Waals surface area contributed by atoms with E-state index in [0.717, 1.165) is 29.9 Å². The van der Waals surface area contributed by atoms with Crippen molar-refractivity contribution in [2.45, 2.75) is 25.4 Å². The molecule has 1 aromatic carbocycles. The number of carbonyl (C=O) groups is 1. The van der Waals surface area contributed by atoms with Crippen LogP contribution in [0.3, 0.4) is 0 Å². The van der Waals surface area contributed by atoms with Crippen molar-refractivity contribution in [2.75, 3.05) is 0 Å². The molecular formula is C18H19N5O. The maximum atomic E-state index is 12.5. The Morgan fingerprint density at radius 1 is 1.21 bits per heavy atom. The standard InChI is InChI=1S/C18H19N5O/c1-22-15(13-5-3-2-4-6-13)9-10-16(22)18(24)19-11-17-21-20-12-23(17)14-7-8-14/h2-6,9-10,12,14H,7-8,11H2,1H3,(H,19,24). The lowest BCUT2D eigenvalue weighted by atomic mass is 10.2. The molecule has 0 spiro atoms. The first kappa shape index (κ1) is 14.7. The van der Waals surface area contributed by atoms with Gasteiger partial charge in [0.1, 0.15) is 12.0 Å². The summed E-state index contributed by atoms with van der Waals surface area (Å²) in [6, 6.07) is 14.4. The highest BCUT2D eigenvalue weighted by Gasteiger charge is 2.26. The summed E-state index contributed by atoms with van der Waals surface area (Å²) in [6.45, 7) is 0.390. The topological polar surface area (TPSA) is 64.7 Å². The summed E-state index contributed by atoms with van der Waals surface area (Å²) in [7, 11) is 1.91. The number of nitrogens with one attached hydrogen (secondary N) is 1. The normalized spacial score (nSPS) is 13.9. The molecule has 24 heavy (non-hydrogen) atoms. The Labute approximate surface area is 140 Å². The molecule has 0 aliphatic heterocycles. The molecule has 0 radical (unpaired) electrons. The van der Waals surface area contributed by atoms with E-state index < -0.39 is 0 Å². The van der Waals surface area contributed by atoms with Crippen LogP contribution in [0.25, 0.3) is 11.3 Å². The number of benzene rings is 1. The third kappa shape index (κ3) is 2.71. The van der Waals surface area contributed by atoms with Gasteiger partial charge in [0, 0.05) is 18.8 Å². The summed E-state index contributed by atoms with van der Waals surface area (Å²) >= 11 is 0. The lowest BCUT2D eigenvalue weighted by Gasteiger charge is -2.09. The zero-order valence-corrected chi connectivity index (χ0v) is 13.5. The van der Waals surface area contributed by atoms with Crippen molar-refractivity contribution in [3.63, 3.8) is 0 Å². The summed E-state index contributed by atoms with van der Waals surface area (Å²) in [5.74, 6) is 0.702. The summed E-state index contributed by atoms with van der Waals surface area (Å²) in [6.07, 6.45) is 4.07. The van der Waals surface area contributed by atoms with Crippen LogP contribution in [-0.4, -0.2) is 25.2 Å². The Hall–Kier alpha value is -2.89. The second-order valence-corrected chi connectivity index (χ2v) is 6.10. The average molecular weight is 321 g/mol. The fourth-order valence-corrected chi connectivity index (χ4v) is 2.94. The lowest BCUT2D eigenvalue weighted by molar-refractivity contribution is 0.0941. The summed E-state index contributed by atoms with van der Waals surface area (Å²) in [5.41, 5.74) is 2.74. The van der Waals surface area contributed by atoms with E-state index in [2.05, 4.69) is 20.1 Å². The Balaban J connectivity index is 1.49. The molecule has 2 aromatic heterocycles. The van der Waals surface area contributed by atoms with Gasteiger partial charge in [-0.3, -0.25) is 4.79 Å². The zero-order chi connectivity index (χ0) is 16.5. The Kier molecular flexibility index (Phi) is 3.65. The highest BCUT2D eigenvalue weighted by Crippen LogP contribution is 2.35. The van der Waals surface area contributed by atoms with Crippen molar-refractivity contribution in [2.24, 2.45) is 7.05 Å². The molecule has 0 atom stereocenters. The van der Waals surface area contributed by atoms with Gasteiger partial charge < -0.3 is 14.5 Å². The van der Waals surface area contributed by atoms with Gasteiger partial charge in [-0.15, -0.1) is 10.2 Å². The van der Waals surface area contributed by atoms with Gasteiger partial charge in [-0.1, -0.05) is 30.3 Å². The first-order valence-corrected chi connectivity index (χ1v) is 8.12. The second kappa shape index (κ2) is 5.96. The molecular weight excluding hydrogens is 302 g/mol. The van der Waals surface area contributed by atoms with Gasteiger partial charge in [-0.05, 0) is 30.5 Å². The largest absolute Gasteiger partial charge is 0.343 e. The second-order valence-electron chi connectivity index (χ2n) is 6.10. The number of aromatic nitrogens is 4. The van der Waals surface area contributed by atoms with E-state index in [1.807, 2.05) is 54.1 Å². The van der Waals surface area contributed by atoms with Crippen molar-refractivity contribution in [3.05, 3.63) is 60.3 Å². The number of nitrogens with zero attached hydrogens (tertiary/aromatic N) is 4. The first-order chi connectivity index (χ1) is 11.7. The van der Waals surface area contributed by atoms with Gasteiger partial charge in [-0.2, -0.15) is 0 Å². The Morgan fingerprint density at radius 3 is 2.75 bits per heavy atom. The molecule has 1 fully saturated rings. The van der Waals surface area contributed by atoms with Crippen molar-refractivity contribution in [1.29, 1.82) is 0 Å². The van der Waals surface area contributed by atoms with Crippen molar-refractivity contribution >= 4 is 5.91 Å². The van der Waals surface area contributed by atoms with E-state index in [4.69, 9.17) is 0 Å². The third-order valence-corrected chi connectivity index (χ3v) is 4.42. The summed E-state index contributed by atoms with van der Waals surface area (Å²) in [5, 5.41) is 11.0. The summed E-state index contributed by atoms with van der Waals surface area (Å²) in [4.78, 5) is 12.5. The van der Waals surface area contributed by atoms with Crippen molar-refractivity contribution in [1.82, 2.24) is 24.6 Å². The van der Waals surface area contributed by atoms with Crippen LogP contribution in [-0.2, 0) is 13.6 Å². The molecule has 0 bridgehead atoms. The maximum Gasteiger partial charge on any atom is 0.268 e. The van der Waals surface area contributed by atoms with Crippen LogP contribution >= 0.6 is 0 Å². The number of rotatable bonds is 5. The number of hydrogen-bond acceptors (Lipinski definition) is 3. The maximum absolute atomic E-state index is 12.5. The van der Waals surface area contributed by atoms with Crippen LogP contribution < -0.4 is 5.32 Å². The number of hydrogen-bond donors (Lipinski definition) is 1. The van der Waals surface area contributed by atoms with Crippen LogP contribution in [0.1, 0.15) is 35.2 Å². The average Bonchev–Trinajstić information content (AvgIpc) is 3.22. The smallest absolute Gasteiger partial charge is 0.268 e. The molecule has 6 nitrogen and oxygen atoms in total. The fourth-order valence-electron chi connectivity index (χ4n) is 2.94. The van der Waals surface area contributed by atoms with Gasteiger partial charge >= 0.3 is 0 Å². The van der Waals surface area contributed by atoms with Gasteiger partial charge in [0.25, 0.3) is 5.91 Å². The first-order valence-electron chi connectivity index (χ1n) is 8.12. The van der Waals surface area contributed by atoms with Crippen molar-refractivity contribution < 1.29 is 4.79 Å². The third-order valence-electron chi connectivity index (χ3n) is 4.42. The van der Waals surface area contributed by atoms with E-state index >= 15 is 0 Å². The fraction of sp³-hybridized carbons (Fsp3) is 0.278. The lowest BCUT2D eigenvalue weighted by Crippen LogP contribution is -2.26. The van der Waals surface area contributed by atoms with E-state index in [0.29, 0.717) is 18.3 Å². The van der Waals surface area contributed by atoms with Crippen molar-refractivity contribution in [3.8, 4) is 11.3 Å². The predicted molar refractivity (Wildman–Crippen MR) is 90.3 cm³/mol. The predicted octanol–water partition coefficient (Wildman–Crippen LogP) is 2.55. The summed E-state index contributed by atoms with van der Waals surface area (Å²) < 4.78 is 3.97. The number of amides is 1. The minimum atomic E-state index is -0.106. The SMILES string of the molecule is Cn1c(C(=O)NCc2nncn2C2CC2)ccc1-c1ccccc1. The van der Waals surface area contributed by atoms with Crippen LogP contribution in [0, 0.1) is 0 Å². The molecule has 0 unspecified atom stereocenters. The van der Waals surface area contributed by atoms with Crippen LogP contribution in [0.15, 0.2) is 48.8 Å². The molecule has 122 valence electrons. The molecule has 1 aliphatic carbocycles. The van der Waals surface area contributed by atoms with E-state index in [1.54, 1.807) is 6.33 Å². The highest BCUT2D eigenvalue weighted by molar-refractivity contribution is 5.93. The van der Waals surface area contributed by atoms with Crippen LogP contribution in [0.2, 0.25) is 0 Å². The van der Waals surface area contributed by atoms with Crippen LogP contribution in [0.5, 0.6) is 0 Å². The minimum Gasteiger partial charge on any atom is -0.343 e. The molecule has 0 saturated heterocycles. The molecule has 1 N–H and O–H groups in total. The molecule has 4 rings (SSSR count). The molecule has 1 saturated carbocycles. The quantitative estimate of drug-likeness (QED) is 0.785. The van der Waals surface area contributed by atoms with E-state index in [1.165, 1.54) is 0 Å². The van der Waals surface area contributed by atoms with Gasteiger partial charge in [0.05, 0.1) is 6.54 Å². The molecule has 1 amide bonds. The molecule has 6 heteroatoms.